The molecule has 0 aliphatic rings. The Morgan fingerprint density at radius 3 is 1.79 bits per heavy atom. The van der Waals surface area contributed by atoms with Crippen LogP contribution in [0.3, 0.4) is 0 Å². The average Bonchev–Trinajstić information content (AvgIpc) is 2.77. The quantitative estimate of drug-likeness (QED) is 0.618. The number of hydrogen-bond acceptors (Lipinski definition) is 3. The number of amides is 1. The molecule has 0 fully saturated rings. The molecule has 0 unspecified atom stereocenters. The number of ether oxygens (including phenoxy) is 2. The molecule has 1 amide bonds. The predicted octanol–water partition coefficient (Wildman–Crippen LogP) is 4.76. The van der Waals surface area contributed by atoms with E-state index in [2.05, 4.69) is 5.32 Å². The van der Waals surface area contributed by atoms with Crippen LogP contribution in [0.15, 0.2) is 84.9 Å². The normalized spacial score (nSPS) is 11.7. The smallest absolute Gasteiger partial charge is 0.261 e. The number of carbonyl (C=O) groups is 1. The van der Waals surface area contributed by atoms with Gasteiger partial charge in [-0.2, -0.15) is 0 Å². The largest absolute Gasteiger partial charge is 0.497 e. The maximum atomic E-state index is 13.0. The number of rotatable bonds is 8. The van der Waals surface area contributed by atoms with Gasteiger partial charge in [-0.1, -0.05) is 67.6 Å². The molecule has 3 rings (SSSR count). The Kier molecular flexibility index (Phi) is 6.68. The summed E-state index contributed by atoms with van der Waals surface area (Å²) in [6.45, 7) is 1.94. The predicted molar refractivity (Wildman–Crippen MR) is 111 cm³/mol. The highest BCUT2D eigenvalue weighted by Gasteiger charge is 2.23. The molecule has 0 aliphatic heterocycles. The fourth-order valence-electron chi connectivity index (χ4n) is 3.03. The molecule has 28 heavy (non-hydrogen) atoms. The Hall–Kier alpha value is -3.27. The topological polar surface area (TPSA) is 47.6 Å². The van der Waals surface area contributed by atoms with Gasteiger partial charge in [-0.25, -0.2) is 0 Å². The van der Waals surface area contributed by atoms with Gasteiger partial charge < -0.3 is 14.8 Å². The zero-order valence-corrected chi connectivity index (χ0v) is 16.2. The van der Waals surface area contributed by atoms with Gasteiger partial charge in [0.05, 0.1) is 13.2 Å². The maximum absolute atomic E-state index is 13.0. The van der Waals surface area contributed by atoms with E-state index >= 15 is 0 Å². The van der Waals surface area contributed by atoms with E-state index in [1.165, 1.54) is 0 Å². The molecule has 3 aromatic rings. The summed E-state index contributed by atoms with van der Waals surface area (Å²) in [5.41, 5.74) is 2.06. The Bertz CT molecular complexity index is 824. The summed E-state index contributed by atoms with van der Waals surface area (Å²) in [4.78, 5) is 13.0. The van der Waals surface area contributed by atoms with Crippen LogP contribution in [0.1, 0.15) is 30.5 Å². The number of benzene rings is 3. The Morgan fingerprint density at radius 1 is 0.821 bits per heavy atom. The van der Waals surface area contributed by atoms with E-state index in [1.807, 2.05) is 79.7 Å². The summed E-state index contributed by atoms with van der Waals surface area (Å²) >= 11 is 0. The molecule has 1 N–H and O–H groups in total. The van der Waals surface area contributed by atoms with Gasteiger partial charge in [0.15, 0.2) is 6.10 Å². The summed E-state index contributed by atoms with van der Waals surface area (Å²) in [6, 6.07) is 26.9. The molecule has 0 saturated heterocycles. The van der Waals surface area contributed by atoms with Crippen molar-refractivity contribution in [2.24, 2.45) is 0 Å². The summed E-state index contributed by atoms with van der Waals surface area (Å²) in [5, 5.41) is 3.15. The van der Waals surface area contributed by atoms with Crippen LogP contribution in [-0.2, 0) is 4.79 Å². The Balaban J connectivity index is 1.77. The lowest BCUT2D eigenvalue weighted by Crippen LogP contribution is -2.40. The third-order valence-corrected chi connectivity index (χ3v) is 4.55. The van der Waals surface area contributed by atoms with Gasteiger partial charge in [-0.05, 0) is 41.8 Å². The van der Waals surface area contributed by atoms with Crippen LogP contribution >= 0.6 is 0 Å². The van der Waals surface area contributed by atoms with E-state index in [-0.39, 0.29) is 11.9 Å². The SMILES string of the molecule is CC[C@H](Oc1ccc(OC)cc1)C(=O)NC(c1ccccc1)c1ccccc1. The minimum atomic E-state index is -0.580. The number of hydrogen-bond donors (Lipinski definition) is 1. The van der Waals surface area contributed by atoms with Crippen molar-refractivity contribution < 1.29 is 14.3 Å². The molecule has 3 aromatic carbocycles. The summed E-state index contributed by atoms with van der Waals surface area (Å²) in [7, 11) is 1.62. The highest BCUT2D eigenvalue weighted by molar-refractivity contribution is 5.82. The van der Waals surface area contributed by atoms with E-state index in [4.69, 9.17) is 9.47 Å². The van der Waals surface area contributed by atoms with E-state index in [9.17, 15) is 4.79 Å². The van der Waals surface area contributed by atoms with Gasteiger partial charge in [0.25, 0.3) is 5.91 Å². The molecular formula is C24H25NO3. The number of methoxy groups -OCH3 is 1. The Labute approximate surface area is 166 Å². The minimum Gasteiger partial charge on any atom is -0.497 e. The van der Waals surface area contributed by atoms with Gasteiger partial charge >= 0.3 is 0 Å². The molecule has 0 spiro atoms. The molecular weight excluding hydrogens is 350 g/mol. The summed E-state index contributed by atoms with van der Waals surface area (Å²) in [6.07, 6.45) is -0.0166. The molecule has 0 bridgehead atoms. The molecule has 0 aromatic heterocycles. The third-order valence-electron chi connectivity index (χ3n) is 4.55. The van der Waals surface area contributed by atoms with Gasteiger partial charge in [-0.3, -0.25) is 4.79 Å². The zero-order valence-electron chi connectivity index (χ0n) is 16.2. The molecule has 4 nitrogen and oxygen atoms in total. The highest BCUT2D eigenvalue weighted by atomic mass is 16.5. The van der Waals surface area contributed by atoms with Crippen LogP contribution < -0.4 is 14.8 Å². The van der Waals surface area contributed by atoms with E-state index < -0.39 is 6.10 Å². The fourth-order valence-corrected chi connectivity index (χ4v) is 3.03. The van der Waals surface area contributed by atoms with Crippen molar-refractivity contribution in [2.75, 3.05) is 7.11 Å². The van der Waals surface area contributed by atoms with Gasteiger partial charge in [0.2, 0.25) is 0 Å². The van der Waals surface area contributed by atoms with Crippen LogP contribution in [0.2, 0.25) is 0 Å². The molecule has 0 aliphatic carbocycles. The first kappa shape index (κ1) is 19.5. The fraction of sp³-hybridized carbons (Fsp3) is 0.208. The van der Waals surface area contributed by atoms with E-state index in [0.717, 1.165) is 16.9 Å². The highest BCUT2D eigenvalue weighted by Crippen LogP contribution is 2.23. The number of nitrogens with one attached hydrogen (secondary N) is 1. The second-order valence-electron chi connectivity index (χ2n) is 6.45. The standard InChI is InChI=1S/C24H25NO3/c1-3-22(28-21-16-14-20(27-2)15-17-21)24(26)25-23(18-10-6-4-7-11-18)19-12-8-5-9-13-19/h4-17,22-23H,3H2,1-2H3,(H,25,26)/t22-/m0/s1. The first-order valence-corrected chi connectivity index (χ1v) is 9.42. The lowest BCUT2D eigenvalue weighted by Gasteiger charge is -2.24. The second-order valence-corrected chi connectivity index (χ2v) is 6.45. The maximum Gasteiger partial charge on any atom is 0.261 e. The van der Waals surface area contributed by atoms with Crippen LogP contribution in [0.5, 0.6) is 11.5 Å². The Morgan fingerprint density at radius 2 is 1.32 bits per heavy atom. The summed E-state index contributed by atoms with van der Waals surface area (Å²) < 4.78 is 11.1. The van der Waals surface area contributed by atoms with Gasteiger partial charge in [0.1, 0.15) is 11.5 Å². The molecule has 4 heteroatoms. The van der Waals surface area contributed by atoms with Crippen molar-refractivity contribution in [1.29, 1.82) is 0 Å². The lowest BCUT2D eigenvalue weighted by atomic mass is 9.98. The van der Waals surface area contributed by atoms with Crippen molar-refractivity contribution in [3.8, 4) is 11.5 Å². The van der Waals surface area contributed by atoms with Gasteiger partial charge in [0, 0.05) is 0 Å². The molecule has 1 atom stereocenters. The van der Waals surface area contributed by atoms with Gasteiger partial charge in [-0.15, -0.1) is 0 Å². The zero-order chi connectivity index (χ0) is 19.8. The third kappa shape index (κ3) is 4.92. The lowest BCUT2D eigenvalue weighted by molar-refractivity contribution is -0.128. The average molecular weight is 375 g/mol. The van der Waals surface area contributed by atoms with Crippen LogP contribution in [0, 0.1) is 0 Å². The van der Waals surface area contributed by atoms with Crippen molar-refractivity contribution in [2.45, 2.75) is 25.5 Å². The van der Waals surface area contributed by atoms with E-state index in [0.29, 0.717) is 12.2 Å². The molecule has 0 saturated carbocycles. The molecule has 0 heterocycles. The molecule has 0 radical (unpaired) electrons. The number of carbonyl (C=O) groups excluding carboxylic acids is 1. The van der Waals surface area contributed by atoms with Crippen LogP contribution in [0.25, 0.3) is 0 Å². The van der Waals surface area contributed by atoms with Crippen LogP contribution in [0.4, 0.5) is 0 Å². The first-order chi connectivity index (χ1) is 13.7. The summed E-state index contributed by atoms with van der Waals surface area (Å²) in [5.74, 6) is 1.24. The van der Waals surface area contributed by atoms with Crippen molar-refractivity contribution in [3.63, 3.8) is 0 Å². The monoisotopic (exact) mass is 375 g/mol. The minimum absolute atomic E-state index is 0.143. The van der Waals surface area contributed by atoms with Crippen molar-refractivity contribution in [1.82, 2.24) is 5.32 Å². The molecule has 144 valence electrons. The van der Waals surface area contributed by atoms with Crippen molar-refractivity contribution in [3.05, 3.63) is 96.1 Å². The second kappa shape index (κ2) is 9.60. The van der Waals surface area contributed by atoms with E-state index in [1.54, 1.807) is 19.2 Å². The first-order valence-electron chi connectivity index (χ1n) is 9.42. The van der Waals surface area contributed by atoms with Crippen molar-refractivity contribution >= 4 is 5.91 Å². The van der Waals surface area contributed by atoms with Crippen LogP contribution in [-0.4, -0.2) is 19.1 Å².